The number of hydrogen-bond donors (Lipinski definition) is 1. The molecule has 0 amide bonds. The summed E-state index contributed by atoms with van der Waals surface area (Å²) < 4.78 is 0. The van der Waals surface area contributed by atoms with E-state index in [1.807, 2.05) is 0 Å². The molecule has 1 N–H and O–H groups in total. The Morgan fingerprint density at radius 1 is 1.10 bits per heavy atom. The predicted molar refractivity (Wildman–Crippen MR) is 85.0 cm³/mol. The molecule has 1 aliphatic carbocycles. The third-order valence-corrected chi connectivity index (χ3v) is 5.33. The van der Waals surface area contributed by atoms with Crippen molar-refractivity contribution in [1.29, 1.82) is 0 Å². The molecule has 0 aromatic heterocycles. The van der Waals surface area contributed by atoms with Crippen LogP contribution in [0.15, 0.2) is 24.3 Å². The van der Waals surface area contributed by atoms with E-state index in [1.165, 1.54) is 50.6 Å². The van der Waals surface area contributed by atoms with Gasteiger partial charge in [0.25, 0.3) is 0 Å². The van der Waals surface area contributed by atoms with Crippen molar-refractivity contribution in [2.45, 2.75) is 63.6 Å². The number of nitrogens with zero attached hydrogens (tertiary/aromatic N) is 1. The lowest BCUT2D eigenvalue weighted by Crippen LogP contribution is -2.49. The Bertz CT molecular complexity index is 443. The van der Waals surface area contributed by atoms with Crippen LogP contribution in [-0.2, 0) is 6.42 Å². The molecule has 0 bridgehead atoms. The zero-order valence-electron chi connectivity index (χ0n) is 12.9. The Morgan fingerprint density at radius 2 is 1.95 bits per heavy atom. The van der Waals surface area contributed by atoms with E-state index < -0.39 is 0 Å². The number of rotatable bonds is 2. The molecule has 2 nitrogen and oxygen atoms in total. The second-order valence-corrected chi connectivity index (χ2v) is 6.51. The molecule has 0 spiro atoms. The monoisotopic (exact) mass is 272 g/mol. The number of aryl methyl sites for hydroxylation is 1. The van der Waals surface area contributed by atoms with Crippen LogP contribution in [0.4, 0.5) is 0 Å². The van der Waals surface area contributed by atoms with Gasteiger partial charge in [-0.25, -0.2) is 0 Å². The summed E-state index contributed by atoms with van der Waals surface area (Å²) in [7, 11) is 2.13. The first-order valence-electron chi connectivity index (χ1n) is 8.32. The van der Waals surface area contributed by atoms with Gasteiger partial charge in [-0.2, -0.15) is 0 Å². The molecule has 2 aliphatic rings. The molecular weight excluding hydrogens is 244 g/mol. The normalized spacial score (nSPS) is 31.6. The molecular formula is C18H28N2. The Balaban J connectivity index is 1.86. The number of likely N-dealkylation sites (tertiary alicyclic amines) is 1. The van der Waals surface area contributed by atoms with E-state index in [1.54, 1.807) is 5.56 Å². The van der Waals surface area contributed by atoms with Gasteiger partial charge in [0.2, 0.25) is 0 Å². The van der Waals surface area contributed by atoms with Gasteiger partial charge in [-0.15, -0.1) is 0 Å². The fourth-order valence-corrected chi connectivity index (χ4v) is 4.24. The Morgan fingerprint density at radius 3 is 2.80 bits per heavy atom. The summed E-state index contributed by atoms with van der Waals surface area (Å²) in [4.78, 5) is 2.80. The van der Waals surface area contributed by atoms with Crippen LogP contribution in [0.3, 0.4) is 0 Å². The van der Waals surface area contributed by atoms with Gasteiger partial charge in [0.15, 0.2) is 0 Å². The highest BCUT2D eigenvalue weighted by atomic mass is 15.2. The van der Waals surface area contributed by atoms with Crippen LogP contribution < -0.4 is 5.32 Å². The van der Waals surface area contributed by atoms with Gasteiger partial charge in [0, 0.05) is 18.1 Å². The summed E-state index contributed by atoms with van der Waals surface area (Å²) in [5.41, 5.74) is 3.08. The topological polar surface area (TPSA) is 15.3 Å². The summed E-state index contributed by atoms with van der Waals surface area (Å²) in [6, 6.07) is 10.9. The first-order chi connectivity index (χ1) is 9.81. The summed E-state index contributed by atoms with van der Waals surface area (Å²) in [6.07, 6.45) is 8.10. The first-order valence-corrected chi connectivity index (χ1v) is 8.32. The fraction of sp³-hybridized carbons (Fsp3) is 0.667. The Kier molecular flexibility index (Phi) is 4.42. The van der Waals surface area contributed by atoms with Crippen molar-refractivity contribution < 1.29 is 0 Å². The molecule has 110 valence electrons. The molecule has 1 fully saturated rings. The molecule has 1 aromatic rings. The molecule has 3 rings (SSSR count). The highest BCUT2D eigenvalue weighted by Gasteiger charge is 2.34. The lowest BCUT2D eigenvalue weighted by atomic mass is 9.82. The average molecular weight is 272 g/mol. The minimum atomic E-state index is 0.500. The number of benzene rings is 1. The summed E-state index contributed by atoms with van der Waals surface area (Å²) in [5.74, 6) is 0. The summed E-state index contributed by atoms with van der Waals surface area (Å²) in [6.45, 7) is 3.71. The Labute approximate surface area is 123 Å². The minimum absolute atomic E-state index is 0.500. The maximum absolute atomic E-state index is 3.61. The van der Waals surface area contributed by atoms with Crippen molar-refractivity contribution in [3.8, 4) is 0 Å². The zero-order chi connectivity index (χ0) is 13.9. The lowest BCUT2D eigenvalue weighted by Gasteiger charge is -2.43. The smallest absolute Gasteiger partial charge is 0.0478 e. The van der Waals surface area contributed by atoms with Gasteiger partial charge < -0.3 is 5.32 Å². The van der Waals surface area contributed by atoms with Crippen LogP contribution in [0.2, 0.25) is 0 Å². The quantitative estimate of drug-likeness (QED) is 0.886. The number of likely N-dealkylation sites (N-methyl/N-ethyl adjacent to an activating group) is 1. The second kappa shape index (κ2) is 6.28. The van der Waals surface area contributed by atoms with Crippen molar-refractivity contribution in [2.24, 2.45) is 0 Å². The summed E-state index contributed by atoms with van der Waals surface area (Å²) in [5, 5.41) is 3.61. The van der Waals surface area contributed by atoms with Crippen molar-refractivity contribution in [3.05, 3.63) is 35.4 Å². The second-order valence-electron chi connectivity index (χ2n) is 6.51. The molecule has 1 heterocycles. The first kappa shape index (κ1) is 14.1. The number of fused-ring (bicyclic) bond motifs is 1. The van der Waals surface area contributed by atoms with Crippen molar-refractivity contribution in [2.75, 3.05) is 13.6 Å². The third kappa shape index (κ3) is 2.64. The molecule has 1 saturated heterocycles. The van der Waals surface area contributed by atoms with E-state index >= 15 is 0 Å². The molecule has 3 unspecified atom stereocenters. The van der Waals surface area contributed by atoms with Crippen LogP contribution in [-0.4, -0.2) is 30.6 Å². The molecule has 2 heteroatoms. The maximum Gasteiger partial charge on any atom is 0.0478 e. The maximum atomic E-state index is 3.61. The fourth-order valence-electron chi connectivity index (χ4n) is 4.24. The van der Waals surface area contributed by atoms with Crippen molar-refractivity contribution >= 4 is 0 Å². The van der Waals surface area contributed by atoms with Gasteiger partial charge in [-0.1, -0.05) is 37.1 Å². The molecule has 20 heavy (non-hydrogen) atoms. The summed E-state index contributed by atoms with van der Waals surface area (Å²) >= 11 is 0. The van der Waals surface area contributed by atoms with E-state index in [0.29, 0.717) is 12.1 Å². The van der Waals surface area contributed by atoms with Gasteiger partial charge in [0.05, 0.1) is 0 Å². The van der Waals surface area contributed by atoms with Crippen molar-refractivity contribution in [3.63, 3.8) is 0 Å². The molecule has 1 aliphatic heterocycles. The van der Waals surface area contributed by atoms with Gasteiger partial charge in [-0.05, 0) is 57.3 Å². The van der Waals surface area contributed by atoms with Crippen molar-refractivity contribution in [1.82, 2.24) is 10.2 Å². The number of nitrogens with one attached hydrogen (secondary N) is 1. The molecule has 1 aromatic carbocycles. The highest BCUT2D eigenvalue weighted by Crippen LogP contribution is 2.35. The van der Waals surface area contributed by atoms with Crippen LogP contribution in [0.25, 0.3) is 0 Å². The SMILES string of the molecule is CNC1c2ccccc2CCC1N1CCCCCC1C. The van der Waals surface area contributed by atoms with Crippen LogP contribution in [0.5, 0.6) is 0 Å². The predicted octanol–water partition coefficient (Wildman–Crippen LogP) is 3.53. The average Bonchev–Trinajstić information content (AvgIpc) is 2.70. The van der Waals surface area contributed by atoms with E-state index in [-0.39, 0.29) is 0 Å². The Hall–Kier alpha value is -0.860. The zero-order valence-corrected chi connectivity index (χ0v) is 12.9. The lowest BCUT2D eigenvalue weighted by molar-refractivity contribution is 0.104. The van der Waals surface area contributed by atoms with Gasteiger partial charge >= 0.3 is 0 Å². The highest BCUT2D eigenvalue weighted by molar-refractivity contribution is 5.34. The molecule has 0 radical (unpaired) electrons. The largest absolute Gasteiger partial charge is 0.312 e. The third-order valence-electron chi connectivity index (χ3n) is 5.33. The molecule has 0 saturated carbocycles. The number of hydrogen-bond acceptors (Lipinski definition) is 2. The van der Waals surface area contributed by atoms with Gasteiger partial charge in [0.1, 0.15) is 0 Å². The van der Waals surface area contributed by atoms with Gasteiger partial charge in [-0.3, -0.25) is 4.90 Å². The van der Waals surface area contributed by atoms with E-state index in [9.17, 15) is 0 Å². The van der Waals surface area contributed by atoms with E-state index in [4.69, 9.17) is 0 Å². The van der Waals surface area contributed by atoms with Crippen LogP contribution in [0.1, 0.15) is 56.2 Å². The standard InChI is InChI=1S/C18H28N2/c1-14-8-4-3-7-13-20(14)17-12-11-15-9-5-6-10-16(15)18(17)19-2/h5-6,9-10,14,17-19H,3-4,7-8,11-13H2,1-2H3. The van der Waals surface area contributed by atoms with E-state index in [2.05, 4.69) is 48.5 Å². The van der Waals surface area contributed by atoms with Crippen LogP contribution >= 0.6 is 0 Å². The van der Waals surface area contributed by atoms with E-state index in [0.717, 1.165) is 6.04 Å². The van der Waals surface area contributed by atoms with Crippen LogP contribution in [0, 0.1) is 0 Å². The molecule has 3 atom stereocenters. The minimum Gasteiger partial charge on any atom is -0.312 e.